The van der Waals surface area contributed by atoms with Gasteiger partial charge < -0.3 is 14.3 Å². The Balaban J connectivity index is 1.96. The Bertz CT molecular complexity index is 665. The van der Waals surface area contributed by atoms with E-state index in [1.54, 1.807) is 6.92 Å². The average molecular weight is 384 g/mol. The predicted octanol–water partition coefficient (Wildman–Crippen LogP) is 3.62. The first-order valence-corrected chi connectivity index (χ1v) is 10.5. The van der Waals surface area contributed by atoms with Gasteiger partial charge in [0.25, 0.3) is 0 Å². The number of furan rings is 1. The van der Waals surface area contributed by atoms with E-state index in [0.717, 1.165) is 19.3 Å². The highest BCUT2D eigenvalue weighted by atomic mass is 32.2. The van der Waals surface area contributed by atoms with Gasteiger partial charge in [-0.3, -0.25) is 9.00 Å². The molecular formula is C19H28O6S. The third-order valence-electron chi connectivity index (χ3n) is 5.11. The molecule has 0 bridgehead atoms. The summed E-state index contributed by atoms with van der Waals surface area (Å²) in [5.74, 6) is -0.300. The fourth-order valence-electron chi connectivity index (χ4n) is 3.44. The van der Waals surface area contributed by atoms with Crippen molar-refractivity contribution < 1.29 is 28.1 Å². The fraction of sp³-hybridized carbons (Fsp3) is 0.684. The topological polar surface area (TPSA) is 93.8 Å². The summed E-state index contributed by atoms with van der Waals surface area (Å²) in [5, 5.41) is 8.07. The van der Waals surface area contributed by atoms with E-state index in [4.69, 9.17) is 14.3 Å². The first kappa shape index (κ1) is 20.7. The second kappa shape index (κ2) is 8.84. The maximum absolute atomic E-state index is 12.5. The van der Waals surface area contributed by atoms with Crippen LogP contribution < -0.4 is 0 Å². The van der Waals surface area contributed by atoms with Crippen molar-refractivity contribution in [3.05, 3.63) is 23.7 Å². The van der Waals surface area contributed by atoms with Crippen molar-refractivity contribution >= 4 is 22.7 Å². The average Bonchev–Trinajstić information content (AvgIpc) is 3.02. The molecule has 1 aromatic heterocycles. The monoisotopic (exact) mass is 384 g/mol. The molecule has 1 N–H and O–H groups in total. The molecule has 0 saturated heterocycles. The molecule has 6 nitrogen and oxygen atoms in total. The van der Waals surface area contributed by atoms with Crippen molar-refractivity contribution in [2.75, 3.05) is 0 Å². The Morgan fingerprint density at radius 1 is 1.31 bits per heavy atom. The van der Waals surface area contributed by atoms with Crippen LogP contribution in [0.15, 0.2) is 16.5 Å². The quantitative estimate of drug-likeness (QED) is 0.722. The van der Waals surface area contributed by atoms with Crippen LogP contribution in [0.4, 0.5) is 0 Å². The highest BCUT2D eigenvalue weighted by molar-refractivity contribution is 7.85. The number of carboxylic acid groups (broad SMARTS) is 1. The third-order valence-corrected chi connectivity index (χ3v) is 6.66. The molecule has 0 aromatic carbocycles. The van der Waals surface area contributed by atoms with Gasteiger partial charge in [0.2, 0.25) is 5.76 Å². The second-order valence-corrected chi connectivity index (χ2v) is 9.30. The molecule has 5 unspecified atom stereocenters. The molecule has 0 spiro atoms. The molecule has 1 aromatic rings. The molecule has 146 valence electrons. The van der Waals surface area contributed by atoms with Gasteiger partial charge in [-0.15, -0.1) is 0 Å². The first-order valence-electron chi connectivity index (χ1n) is 9.08. The van der Waals surface area contributed by atoms with E-state index in [2.05, 4.69) is 20.8 Å². The molecule has 0 amide bonds. The maximum atomic E-state index is 12.5. The van der Waals surface area contributed by atoms with Gasteiger partial charge in [-0.1, -0.05) is 27.2 Å². The summed E-state index contributed by atoms with van der Waals surface area (Å²) in [7, 11) is -1.54. The maximum Gasteiger partial charge on any atom is 0.371 e. The van der Waals surface area contributed by atoms with Crippen LogP contribution in [0.3, 0.4) is 0 Å². The Morgan fingerprint density at radius 3 is 2.58 bits per heavy atom. The van der Waals surface area contributed by atoms with E-state index >= 15 is 0 Å². The molecule has 26 heavy (non-hydrogen) atoms. The molecule has 0 radical (unpaired) electrons. The highest BCUT2D eigenvalue weighted by Gasteiger charge is 2.35. The van der Waals surface area contributed by atoms with E-state index < -0.39 is 28.0 Å². The highest BCUT2D eigenvalue weighted by Crippen LogP contribution is 2.35. The number of carboxylic acids is 1. The van der Waals surface area contributed by atoms with Crippen molar-refractivity contribution in [1.82, 2.24) is 0 Å². The molecule has 1 saturated carbocycles. The fourth-order valence-corrected chi connectivity index (χ4v) is 4.39. The summed E-state index contributed by atoms with van der Waals surface area (Å²) in [6.45, 7) is 8.02. The van der Waals surface area contributed by atoms with Crippen molar-refractivity contribution in [1.29, 1.82) is 0 Å². The van der Waals surface area contributed by atoms with Crippen LogP contribution in [-0.4, -0.2) is 32.6 Å². The summed E-state index contributed by atoms with van der Waals surface area (Å²) in [6, 6.07) is 2.78. The molecule has 2 rings (SSSR count). The van der Waals surface area contributed by atoms with Crippen molar-refractivity contribution in [2.24, 2.45) is 17.8 Å². The molecule has 0 aliphatic heterocycles. The van der Waals surface area contributed by atoms with Crippen LogP contribution in [0.1, 0.15) is 63.3 Å². The Labute approximate surface area is 156 Å². The van der Waals surface area contributed by atoms with Crippen LogP contribution in [0.5, 0.6) is 0 Å². The Kier molecular flexibility index (Phi) is 7.03. The van der Waals surface area contributed by atoms with Crippen molar-refractivity contribution in [3.63, 3.8) is 0 Å². The first-order chi connectivity index (χ1) is 12.2. The van der Waals surface area contributed by atoms with Crippen LogP contribution in [0.2, 0.25) is 0 Å². The molecule has 1 aliphatic rings. The van der Waals surface area contributed by atoms with E-state index in [0.29, 0.717) is 17.8 Å². The minimum absolute atomic E-state index is 0.0156. The van der Waals surface area contributed by atoms with Crippen LogP contribution in [0.25, 0.3) is 0 Å². The van der Waals surface area contributed by atoms with E-state index in [-0.39, 0.29) is 23.4 Å². The number of esters is 1. The number of ether oxygens (including phenoxy) is 1. The summed E-state index contributed by atoms with van der Waals surface area (Å²) in [6.07, 6.45) is 2.89. The lowest BCUT2D eigenvalue weighted by molar-refractivity contribution is -0.154. The van der Waals surface area contributed by atoms with E-state index in [9.17, 15) is 13.8 Å². The number of hydrogen-bond donors (Lipinski definition) is 1. The zero-order valence-corrected chi connectivity index (χ0v) is 16.6. The van der Waals surface area contributed by atoms with Crippen LogP contribution in [-0.2, 0) is 26.1 Å². The lowest BCUT2D eigenvalue weighted by Gasteiger charge is -2.37. The van der Waals surface area contributed by atoms with E-state index in [1.165, 1.54) is 12.1 Å². The molecule has 1 heterocycles. The third kappa shape index (κ3) is 5.19. The standard InChI is InChI=1S/C19H28O6S/c1-11(2)15-7-5-12(3)9-17(15)25-19(22)13(4)26(23)10-14-6-8-16(24-14)18(20)21/h6,8,11-13,15,17H,5,7,9-10H2,1-4H3,(H,20,21). The summed E-state index contributed by atoms with van der Waals surface area (Å²) in [5.41, 5.74) is 0. The number of rotatable bonds is 7. The molecular weight excluding hydrogens is 356 g/mol. The Morgan fingerprint density at radius 2 is 2.00 bits per heavy atom. The van der Waals surface area contributed by atoms with Gasteiger partial charge in [0.05, 0.1) is 5.75 Å². The largest absolute Gasteiger partial charge is 0.475 e. The van der Waals surface area contributed by atoms with Gasteiger partial charge in [0.15, 0.2) is 0 Å². The number of carbonyl (C=O) groups is 2. The Hall–Kier alpha value is -1.63. The van der Waals surface area contributed by atoms with Gasteiger partial charge in [-0.25, -0.2) is 4.79 Å². The van der Waals surface area contributed by atoms with Crippen LogP contribution in [0, 0.1) is 17.8 Å². The zero-order valence-electron chi connectivity index (χ0n) is 15.8. The van der Waals surface area contributed by atoms with Gasteiger partial charge in [-0.2, -0.15) is 0 Å². The molecule has 1 fully saturated rings. The van der Waals surface area contributed by atoms with Gasteiger partial charge in [-0.05, 0) is 49.7 Å². The molecule has 1 aliphatic carbocycles. The SMILES string of the molecule is CC1CCC(C(C)C)C(OC(=O)C(C)S(=O)Cc2ccc(C(=O)O)o2)C1. The van der Waals surface area contributed by atoms with Crippen molar-refractivity contribution in [2.45, 2.75) is 64.1 Å². The lowest BCUT2D eigenvalue weighted by Crippen LogP contribution is -2.38. The number of aromatic carboxylic acids is 1. The minimum atomic E-state index is -1.54. The number of hydrogen-bond acceptors (Lipinski definition) is 5. The second-order valence-electron chi connectivity index (χ2n) is 7.54. The molecule has 5 atom stereocenters. The minimum Gasteiger partial charge on any atom is -0.475 e. The van der Waals surface area contributed by atoms with Crippen LogP contribution >= 0.6 is 0 Å². The lowest BCUT2D eigenvalue weighted by atomic mass is 9.75. The zero-order chi connectivity index (χ0) is 19.4. The van der Waals surface area contributed by atoms with Gasteiger partial charge in [0.1, 0.15) is 17.1 Å². The summed E-state index contributed by atoms with van der Waals surface area (Å²) in [4.78, 5) is 23.3. The normalized spacial score (nSPS) is 25.7. The van der Waals surface area contributed by atoms with Crippen molar-refractivity contribution in [3.8, 4) is 0 Å². The number of carbonyl (C=O) groups excluding carboxylic acids is 1. The summed E-state index contributed by atoms with van der Waals surface area (Å²) < 4.78 is 23.3. The smallest absolute Gasteiger partial charge is 0.371 e. The van der Waals surface area contributed by atoms with E-state index in [1.807, 2.05) is 0 Å². The molecule has 7 heteroatoms. The summed E-state index contributed by atoms with van der Waals surface area (Å²) >= 11 is 0. The van der Waals surface area contributed by atoms with Gasteiger partial charge in [0, 0.05) is 10.8 Å². The van der Waals surface area contributed by atoms with Gasteiger partial charge >= 0.3 is 11.9 Å². The predicted molar refractivity (Wildman–Crippen MR) is 98.2 cm³/mol.